The van der Waals surface area contributed by atoms with Crippen LogP contribution in [0.3, 0.4) is 0 Å². The fourth-order valence-corrected chi connectivity index (χ4v) is 6.75. The number of aromatic nitrogens is 1. The number of thiazole rings is 1. The van der Waals surface area contributed by atoms with Crippen LogP contribution >= 0.6 is 38.9 Å². The Morgan fingerprint density at radius 1 is 1.19 bits per heavy atom. The van der Waals surface area contributed by atoms with Crippen molar-refractivity contribution in [3.05, 3.63) is 129 Å². The van der Waals surface area contributed by atoms with Crippen molar-refractivity contribution in [2.75, 3.05) is 6.61 Å². The van der Waals surface area contributed by atoms with Crippen molar-refractivity contribution in [3.63, 3.8) is 0 Å². The average molecular weight is 663 g/mol. The van der Waals surface area contributed by atoms with E-state index in [1.165, 1.54) is 11.3 Å². The van der Waals surface area contributed by atoms with Crippen LogP contribution in [0.4, 0.5) is 0 Å². The van der Waals surface area contributed by atoms with Gasteiger partial charge in [0.1, 0.15) is 6.61 Å². The molecule has 0 N–H and O–H groups in total. The summed E-state index contributed by atoms with van der Waals surface area (Å²) in [6, 6.07) is 19.9. The number of hydrogen-bond donors (Lipinski definition) is 0. The molecule has 0 aliphatic carbocycles. The number of benzene rings is 3. The smallest absolute Gasteiger partial charge is 0.338 e. The van der Waals surface area contributed by atoms with Crippen LogP contribution in [-0.4, -0.2) is 17.1 Å². The normalized spacial score (nSPS) is 14.7. The zero-order chi connectivity index (χ0) is 30.0. The highest BCUT2D eigenvalue weighted by molar-refractivity contribution is 9.10. The summed E-state index contributed by atoms with van der Waals surface area (Å²) in [5.41, 5.74) is 4.37. The fraction of sp³-hybridized carbons (Fsp3) is 0.188. The number of halogens is 2. The van der Waals surface area contributed by atoms with Crippen molar-refractivity contribution in [1.82, 2.24) is 4.57 Å². The summed E-state index contributed by atoms with van der Waals surface area (Å²) in [6.45, 7) is 5.86. The Morgan fingerprint density at radius 3 is 2.62 bits per heavy atom. The quantitative estimate of drug-likeness (QED) is 0.227. The minimum atomic E-state index is -0.676. The Bertz CT molecular complexity index is 1930. The molecule has 0 saturated heterocycles. The van der Waals surface area contributed by atoms with Gasteiger partial charge in [0.25, 0.3) is 5.56 Å². The maximum absolute atomic E-state index is 13.9. The summed E-state index contributed by atoms with van der Waals surface area (Å²) in [4.78, 5) is 32.0. The zero-order valence-corrected chi connectivity index (χ0v) is 26.1. The van der Waals surface area contributed by atoms with Crippen LogP contribution in [0.2, 0.25) is 5.02 Å². The van der Waals surface area contributed by atoms with Crippen molar-refractivity contribution in [3.8, 4) is 11.8 Å². The number of aryl methyl sites for hydroxylation is 1. The van der Waals surface area contributed by atoms with E-state index in [0.29, 0.717) is 47.0 Å². The molecule has 0 spiro atoms. The van der Waals surface area contributed by atoms with Crippen LogP contribution in [0.25, 0.3) is 6.08 Å². The number of nitriles is 1. The van der Waals surface area contributed by atoms with Crippen molar-refractivity contribution >= 4 is 50.9 Å². The van der Waals surface area contributed by atoms with Gasteiger partial charge in [-0.05, 0) is 72.1 Å². The van der Waals surface area contributed by atoms with Gasteiger partial charge in [-0.1, -0.05) is 71.0 Å². The fourth-order valence-electron chi connectivity index (χ4n) is 4.71. The zero-order valence-electron chi connectivity index (χ0n) is 23.0. The van der Waals surface area contributed by atoms with Gasteiger partial charge in [0.05, 0.1) is 49.6 Å². The summed E-state index contributed by atoms with van der Waals surface area (Å²) in [5.74, 6) is -0.0700. The highest BCUT2D eigenvalue weighted by atomic mass is 79.9. The second kappa shape index (κ2) is 12.5. The predicted octanol–water partition coefficient (Wildman–Crippen LogP) is 5.97. The second-order valence-electron chi connectivity index (χ2n) is 9.58. The number of carbonyl (C=O) groups excluding carboxylic acids is 1. The molecule has 2 heterocycles. The van der Waals surface area contributed by atoms with E-state index < -0.39 is 12.0 Å². The van der Waals surface area contributed by atoms with Gasteiger partial charge in [-0.3, -0.25) is 9.36 Å². The number of hydrogen-bond acceptors (Lipinski definition) is 7. The molecule has 42 heavy (non-hydrogen) atoms. The van der Waals surface area contributed by atoms with Gasteiger partial charge in [-0.2, -0.15) is 5.26 Å². The molecule has 10 heteroatoms. The third-order valence-corrected chi connectivity index (χ3v) is 8.59. The number of ether oxygens (including phenoxy) is 2. The lowest BCUT2D eigenvalue weighted by Crippen LogP contribution is -2.39. The molecule has 3 aromatic carbocycles. The molecule has 1 aliphatic heterocycles. The lowest BCUT2D eigenvalue weighted by molar-refractivity contribution is -0.139. The summed E-state index contributed by atoms with van der Waals surface area (Å²) < 4.78 is 13.9. The van der Waals surface area contributed by atoms with E-state index in [9.17, 15) is 14.9 Å². The van der Waals surface area contributed by atoms with Crippen LogP contribution in [0, 0.1) is 18.3 Å². The average Bonchev–Trinajstić information content (AvgIpc) is 3.26. The van der Waals surface area contributed by atoms with E-state index >= 15 is 0 Å². The lowest BCUT2D eigenvalue weighted by Gasteiger charge is -2.24. The molecule has 1 aromatic heterocycles. The molecule has 1 aliphatic rings. The Morgan fingerprint density at radius 2 is 1.93 bits per heavy atom. The van der Waals surface area contributed by atoms with E-state index in [2.05, 4.69) is 27.0 Å². The number of rotatable bonds is 7. The van der Waals surface area contributed by atoms with Crippen LogP contribution in [0.5, 0.6) is 5.75 Å². The van der Waals surface area contributed by atoms with Crippen molar-refractivity contribution < 1.29 is 14.3 Å². The van der Waals surface area contributed by atoms with Crippen molar-refractivity contribution in [2.24, 2.45) is 4.99 Å². The number of allylic oxidation sites excluding steroid dienone is 1. The van der Waals surface area contributed by atoms with E-state index in [0.717, 1.165) is 16.7 Å². The van der Waals surface area contributed by atoms with E-state index in [1.807, 2.05) is 49.4 Å². The largest absolute Gasteiger partial charge is 0.486 e. The van der Waals surface area contributed by atoms with Gasteiger partial charge in [0.15, 0.2) is 10.6 Å². The lowest BCUT2D eigenvalue weighted by atomic mass is 9.95. The molecule has 7 nitrogen and oxygen atoms in total. The Kier molecular flexibility index (Phi) is 8.78. The molecule has 5 rings (SSSR count). The van der Waals surface area contributed by atoms with Crippen LogP contribution < -0.4 is 19.6 Å². The van der Waals surface area contributed by atoms with E-state index in [4.69, 9.17) is 21.1 Å². The number of fused-ring (bicyclic) bond motifs is 1. The first kappa shape index (κ1) is 29.5. The molecule has 0 bridgehead atoms. The third kappa shape index (κ3) is 5.84. The molecule has 0 amide bonds. The summed E-state index contributed by atoms with van der Waals surface area (Å²) in [7, 11) is 0. The first-order valence-electron chi connectivity index (χ1n) is 13.1. The Balaban J connectivity index is 1.55. The topological polar surface area (TPSA) is 93.7 Å². The molecule has 0 radical (unpaired) electrons. The SMILES string of the molecule is CCOC(=O)C1=C(C)N=c2s/c(=C/c3cc(Cl)c(OCc4ccccc4C#N)c(Br)c3)c(=O)n2[C@H]1c1ccc(C)cc1. The third-order valence-electron chi connectivity index (χ3n) is 6.74. The summed E-state index contributed by atoms with van der Waals surface area (Å²) >= 11 is 11.4. The van der Waals surface area contributed by atoms with Gasteiger partial charge in [0, 0.05) is 5.56 Å². The molecule has 0 unspecified atom stereocenters. The van der Waals surface area contributed by atoms with Gasteiger partial charge < -0.3 is 9.47 Å². The highest BCUT2D eigenvalue weighted by Crippen LogP contribution is 2.36. The molecular formula is C32H25BrClN3O4S. The van der Waals surface area contributed by atoms with E-state index in [-0.39, 0.29) is 18.8 Å². The van der Waals surface area contributed by atoms with Crippen molar-refractivity contribution in [2.45, 2.75) is 33.4 Å². The van der Waals surface area contributed by atoms with Crippen LogP contribution in [0.1, 0.15) is 47.7 Å². The van der Waals surface area contributed by atoms with Gasteiger partial charge in [0.2, 0.25) is 0 Å². The van der Waals surface area contributed by atoms with Gasteiger partial charge >= 0.3 is 5.97 Å². The van der Waals surface area contributed by atoms with Gasteiger partial charge in [-0.15, -0.1) is 0 Å². The van der Waals surface area contributed by atoms with Crippen molar-refractivity contribution in [1.29, 1.82) is 5.26 Å². The minimum absolute atomic E-state index is 0.168. The number of esters is 1. The minimum Gasteiger partial charge on any atom is -0.486 e. The second-order valence-corrected chi connectivity index (χ2v) is 11.9. The number of nitrogens with zero attached hydrogens (tertiary/aromatic N) is 3. The first-order chi connectivity index (χ1) is 20.2. The summed E-state index contributed by atoms with van der Waals surface area (Å²) in [5, 5.41) is 9.70. The van der Waals surface area contributed by atoms with Crippen LogP contribution in [-0.2, 0) is 16.1 Å². The highest BCUT2D eigenvalue weighted by Gasteiger charge is 2.33. The maximum atomic E-state index is 13.9. The van der Waals surface area contributed by atoms with E-state index in [1.54, 1.807) is 42.7 Å². The first-order valence-corrected chi connectivity index (χ1v) is 15.1. The molecule has 0 fully saturated rings. The Hall–Kier alpha value is -3.97. The van der Waals surface area contributed by atoms with Gasteiger partial charge in [-0.25, -0.2) is 9.79 Å². The monoisotopic (exact) mass is 661 g/mol. The Labute approximate surface area is 259 Å². The molecular weight excluding hydrogens is 638 g/mol. The standard InChI is InChI=1S/C32H25BrClN3O4S/c1-4-40-31(39)27-19(3)36-32-37(28(27)21-11-9-18(2)10-12-21)30(38)26(42-32)15-20-13-24(33)29(25(34)14-20)41-17-23-8-6-5-7-22(23)16-35/h5-15,28H,4,17H2,1-3H3/b26-15+/t28-/m0/s1. The maximum Gasteiger partial charge on any atom is 0.338 e. The van der Waals surface area contributed by atoms with Crippen LogP contribution in [0.15, 0.2) is 86.2 Å². The number of carbonyl (C=O) groups is 1. The molecule has 1 atom stereocenters. The molecule has 212 valence electrons. The molecule has 0 saturated carbocycles. The molecule has 4 aromatic rings. The summed E-state index contributed by atoms with van der Waals surface area (Å²) in [6.07, 6.45) is 1.74. The predicted molar refractivity (Wildman–Crippen MR) is 166 cm³/mol.